The zero-order valence-electron chi connectivity index (χ0n) is 14.3. The Balaban J connectivity index is 2.61. The van der Waals surface area contributed by atoms with Gasteiger partial charge >= 0.3 is 0 Å². The Kier molecular flexibility index (Phi) is 7.91. The van der Waals surface area contributed by atoms with Gasteiger partial charge in [0.2, 0.25) is 0 Å². The normalized spacial score (nSPS) is 14.7. The fourth-order valence-electron chi connectivity index (χ4n) is 1.99. The van der Waals surface area contributed by atoms with Crippen LogP contribution in [-0.2, 0) is 5.60 Å². The Morgan fingerprint density at radius 3 is 2.50 bits per heavy atom. The van der Waals surface area contributed by atoms with Crippen molar-refractivity contribution in [2.24, 2.45) is 4.99 Å². The molecule has 5 nitrogen and oxygen atoms in total. The molecule has 0 radical (unpaired) electrons. The smallest absolute Gasteiger partial charge is 0.191 e. The first-order valence-corrected chi connectivity index (χ1v) is 7.98. The van der Waals surface area contributed by atoms with E-state index < -0.39 is 5.60 Å². The molecule has 1 rings (SSSR count). The van der Waals surface area contributed by atoms with E-state index >= 15 is 0 Å². The van der Waals surface area contributed by atoms with Gasteiger partial charge in [-0.2, -0.15) is 0 Å². The second-order valence-corrected chi connectivity index (χ2v) is 5.66. The summed E-state index contributed by atoms with van der Waals surface area (Å²) in [5, 5.41) is 17.1. The molecule has 0 aromatic heterocycles. The number of likely N-dealkylation sites (N-methyl/N-ethyl adjacent to an activating group) is 1. The largest absolute Gasteiger partial charge is 0.384 e. The molecule has 124 valence electrons. The maximum Gasteiger partial charge on any atom is 0.191 e. The standard InChI is InChI=1S/C17H30N4O/c1-5-18-16(19-12-13-21(4)6-2)20-14-17(3,22)15-10-8-7-9-11-15/h7-11,22H,5-6,12-14H2,1-4H3,(H2,18,19,20). The van der Waals surface area contributed by atoms with Gasteiger partial charge in [-0.1, -0.05) is 37.3 Å². The molecule has 0 aliphatic rings. The highest BCUT2D eigenvalue weighted by Crippen LogP contribution is 2.20. The van der Waals surface area contributed by atoms with Crippen molar-refractivity contribution in [2.75, 3.05) is 39.8 Å². The molecule has 3 N–H and O–H groups in total. The van der Waals surface area contributed by atoms with Gasteiger partial charge in [0.15, 0.2) is 5.96 Å². The van der Waals surface area contributed by atoms with Crippen molar-refractivity contribution in [3.8, 4) is 0 Å². The third-order valence-electron chi connectivity index (χ3n) is 3.61. The minimum atomic E-state index is -0.968. The number of benzene rings is 1. The molecule has 0 aliphatic heterocycles. The van der Waals surface area contributed by atoms with Crippen LogP contribution in [0.2, 0.25) is 0 Å². The average molecular weight is 306 g/mol. The summed E-state index contributed by atoms with van der Waals surface area (Å²) < 4.78 is 0. The Labute approximate surface area is 134 Å². The van der Waals surface area contributed by atoms with E-state index in [0.29, 0.717) is 6.54 Å². The maximum atomic E-state index is 10.6. The summed E-state index contributed by atoms with van der Waals surface area (Å²) in [6, 6.07) is 9.64. The molecule has 1 aromatic carbocycles. The van der Waals surface area contributed by atoms with Crippen LogP contribution in [0.1, 0.15) is 26.3 Å². The van der Waals surface area contributed by atoms with Crippen molar-refractivity contribution in [1.29, 1.82) is 0 Å². The molecule has 0 saturated carbocycles. The van der Waals surface area contributed by atoms with Crippen LogP contribution in [0.3, 0.4) is 0 Å². The van der Waals surface area contributed by atoms with Crippen LogP contribution in [0.25, 0.3) is 0 Å². The van der Waals surface area contributed by atoms with Crippen molar-refractivity contribution in [3.05, 3.63) is 35.9 Å². The summed E-state index contributed by atoms with van der Waals surface area (Å²) in [4.78, 5) is 6.74. The van der Waals surface area contributed by atoms with E-state index in [0.717, 1.165) is 37.7 Å². The summed E-state index contributed by atoms with van der Waals surface area (Å²) in [6.07, 6.45) is 0. The van der Waals surface area contributed by atoms with Gasteiger partial charge < -0.3 is 20.6 Å². The van der Waals surface area contributed by atoms with Crippen LogP contribution in [0.5, 0.6) is 0 Å². The quantitative estimate of drug-likeness (QED) is 0.502. The zero-order valence-corrected chi connectivity index (χ0v) is 14.3. The first-order valence-electron chi connectivity index (χ1n) is 7.98. The Bertz CT molecular complexity index is 445. The van der Waals surface area contributed by atoms with E-state index in [4.69, 9.17) is 0 Å². The molecule has 1 aromatic rings. The van der Waals surface area contributed by atoms with Gasteiger partial charge in [0.1, 0.15) is 5.60 Å². The van der Waals surface area contributed by atoms with E-state index in [2.05, 4.69) is 34.5 Å². The van der Waals surface area contributed by atoms with Crippen LogP contribution in [0.4, 0.5) is 0 Å². The van der Waals surface area contributed by atoms with Crippen molar-refractivity contribution in [3.63, 3.8) is 0 Å². The molecule has 22 heavy (non-hydrogen) atoms. The van der Waals surface area contributed by atoms with Crippen LogP contribution < -0.4 is 10.6 Å². The molecule has 0 saturated heterocycles. The second-order valence-electron chi connectivity index (χ2n) is 5.66. The molecular formula is C17H30N4O. The number of aliphatic hydroxyl groups is 1. The molecule has 1 atom stereocenters. The van der Waals surface area contributed by atoms with Gasteiger partial charge in [0.25, 0.3) is 0 Å². The first kappa shape index (κ1) is 18.5. The lowest BCUT2D eigenvalue weighted by atomic mass is 9.96. The number of rotatable bonds is 8. The lowest BCUT2D eigenvalue weighted by Gasteiger charge is -2.23. The van der Waals surface area contributed by atoms with Crippen LogP contribution >= 0.6 is 0 Å². The summed E-state index contributed by atoms with van der Waals surface area (Å²) in [6.45, 7) is 9.87. The lowest BCUT2D eigenvalue weighted by molar-refractivity contribution is 0.0672. The summed E-state index contributed by atoms with van der Waals surface area (Å²) >= 11 is 0. The minimum absolute atomic E-state index is 0.315. The molecule has 1 unspecified atom stereocenters. The maximum absolute atomic E-state index is 10.6. The number of nitrogens with one attached hydrogen (secondary N) is 2. The Morgan fingerprint density at radius 1 is 1.23 bits per heavy atom. The van der Waals surface area contributed by atoms with Crippen LogP contribution in [0.15, 0.2) is 35.3 Å². The fraction of sp³-hybridized carbons (Fsp3) is 0.588. The predicted molar refractivity (Wildman–Crippen MR) is 93.2 cm³/mol. The number of nitrogens with zero attached hydrogens (tertiary/aromatic N) is 2. The summed E-state index contributed by atoms with van der Waals surface area (Å²) in [5.41, 5.74) is -0.0931. The first-order chi connectivity index (χ1) is 10.5. The Morgan fingerprint density at radius 2 is 1.91 bits per heavy atom. The molecular weight excluding hydrogens is 276 g/mol. The predicted octanol–water partition coefficient (Wildman–Crippen LogP) is 1.40. The third kappa shape index (κ3) is 6.45. The average Bonchev–Trinajstić information content (AvgIpc) is 2.53. The van der Waals surface area contributed by atoms with Gasteiger partial charge in [0, 0.05) is 19.6 Å². The summed E-state index contributed by atoms with van der Waals surface area (Å²) in [7, 11) is 2.09. The number of aliphatic imine (C=N–C) groups is 1. The molecule has 0 spiro atoms. The molecule has 0 amide bonds. The number of hydrogen-bond acceptors (Lipinski definition) is 3. The van der Waals surface area contributed by atoms with E-state index in [1.165, 1.54) is 0 Å². The zero-order chi connectivity index (χ0) is 16.4. The van der Waals surface area contributed by atoms with Gasteiger partial charge in [-0.25, -0.2) is 4.99 Å². The summed E-state index contributed by atoms with van der Waals surface area (Å²) in [5.74, 6) is 0.739. The van der Waals surface area contributed by atoms with E-state index in [1.54, 1.807) is 6.92 Å². The van der Waals surface area contributed by atoms with Crippen molar-refractivity contribution in [1.82, 2.24) is 15.5 Å². The van der Waals surface area contributed by atoms with Gasteiger partial charge in [-0.3, -0.25) is 0 Å². The second kappa shape index (κ2) is 9.43. The van der Waals surface area contributed by atoms with Crippen molar-refractivity contribution >= 4 is 5.96 Å². The highest BCUT2D eigenvalue weighted by Gasteiger charge is 2.22. The SMILES string of the molecule is CCNC(=NCC(C)(O)c1ccccc1)NCCN(C)CC. The Hall–Kier alpha value is -1.59. The van der Waals surface area contributed by atoms with E-state index in [-0.39, 0.29) is 0 Å². The molecule has 0 aliphatic carbocycles. The van der Waals surface area contributed by atoms with Crippen LogP contribution in [-0.4, -0.2) is 55.7 Å². The number of guanidine groups is 1. The molecule has 5 heteroatoms. The third-order valence-corrected chi connectivity index (χ3v) is 3.61. The lowest BCUT2D eigenvalue weighted by Crippen LogP contribution is -2.42. The molecule has 0 heterocycles. The number of hydrogen-bond donors (Lipinski definition) is 3. The molecule has 0 fully saturated rings. The van der Waals surface area contributed by atoms with Crippen molar-refractivity contribution in [2.45, 2.75) is 26.4 Å². The van der Waals surface area contributed by atoms with E-state index in [1.807, 2.05) is 37.3 Å². The topological polar surface area (TPSA) is 59.9 Å². The highest BCUT2D eigenvalue weighted by atomic mass is 16.3. The minimum Gasteiger partial charge on any atom is -0.384 e. The van der Waals surface area contributed by atoms with Gasteiger partial charge in [-0.15, -0.1) is 0 Å². The van der Waals surface area contributed by atoms with Crippen molar-refractivity contribution < 1.29 is 5.11 Å². The molecule has 0 bridgehead atoms. The van der Waals surface area contributed by atoms with Gasteiger partial charge in [-0.05, 0) is 33.0 Å². The van der Waals surface area contributed by atoms with Gasteiger partial charge in [0.05, 0.1) is 6.54 Å². The monoisotopic (exact) mass is 306 g/mol. The fourth-order valence-corrected chi connectivity index (χ4v) is 1.99. The highest BCUT2D eigenvalue weighted by molar-refractivity contribution is 5.79. The van der Waals surface area contributed by atoms with Crippen LogP contribution in [0, 0.1) is 0 Å². The van der Waals surface area contributed by atoms with E-state index in [9.17, 15) is 5.11 Å².